The number of halogens is 1. The Kier molecular flexibility index (Phi) is 10.0. The number of hydrogen-bond donors (Lipinski definition) is 3. The number of para-hydroxylation sites is 1. The molecular weight excluding hydrogens is 714 g/mol. The van der Waals surface area contributed by atoms with Crippen LogP contribution >= 0.6 is 11.6 Å². The van der Waals surface area contributed by atoms with Crippen LogP contribution in [0, 0.1) is 5.92 Å². The normalized spacial score (nSPS) is 22.4. The second-order valence-electron chi connectivity index (χ2n) is 15.2. The Balaban J connectivity index is 1.01. The smallest absolute Gasteiger partial charge is 0.264 e. The van der Waals surface area contributed by atoms with Crippen molar-refractivity contribution in [3.05, 3.63) is 136 Å². The van der Waals surface area contributed by atoms with Crippen LogP contribution in [0.5, 0.6) is 0 Å². The van der Waals surface area contributed by atoms with Gasteiger partial charge in [-0.05, 0) is 91.5 Å². The van der Waals surface area contributed by atoms with Crippen molar-refractivity contribution in [2.24, 2.45) is 5.92 Å². The third kappa shape index (κ3) is 6.50. The number of carbonyl (C=O) groups excluding carboxylic acids is 3. The van der Waals surface area contributed by atoms with Crippen molar-refractivity contribution < 1.29 is 24.6 Å². The fraction of sp³-hybridized carbons (Fsp3) is 0.341. The summed E-state index contributed by atoms with van der Waals surface area (Å²) in [6.07, 6.45) is 5.46. The minimum Gasteiger partial charge on any atom is -0.394 e. The lowest BCUT2D eigenvalue weighted by molar-refractivity contribution is -0.139. The summed E-state index contributed by atoms with van der Waals surface area (Å²) < 4.78 is 0. The van der Waals surface area contributed by atoms with Gasteiger partial charge < -0.3 is 30.2 Å². The van der Waals surface area contributed by atoms with E-state index >= 15 is 0 Å². The van der Waals surface area contributed by atoms with E-state index in [9.17, 15) is 24.6 Å². The van der Waals surface area contributed by atoms with Crippen LogP contribution in [0.1, 0.15) is 48.4 Å². The number of fused-ring (bicyclic) bond motifs is 2. The van der Waals surface area contributed by atoms with E-state index in [1.54, 1.807) is 47.1 Å². The summed E-state index contributed by atoms with van der Waals surface area (Å²) in [5.41, 5.74) is 3.14. The SMILES string of the molecule is C[C@H](/C=C/CC(=O)N1Cc2ccccc2C[C@H]1CO)[C@@]1(O)C(=O)N(Cc2cccc(N3CN(c4ccccc4)C4(CCNCC4)C3=O)c2)c2ccc(Cl)cc21. The van der Waals surface area contributed by atoms with Gasteiger partial charge in [-0.25, -0.2) is 0 Å². The van der Waals surface area contributed by atoms with Gasteiger partial charge in [0.05, 0.1) is 31.5 Å². The van der Waals surface area contributed by atoms with Gasteiger partial charge in [0.2, 0.25) is 5.91 Å². The molecule has 11 heteroatoms. The number of anilines is 3. The van der Waals surface area contributed by atoms with Crippen LogP contribution in [0.3, 0.4) is 0 Å². The van der Waals surface area contributed by atoms with Gasteiger partial charge in [-0.1, -0.05) is 85.3 Å². The van der Waals surface area contributed by atoms with E-state index in [2.05, 4.69) is 22.3 Å². The fourth-order valence-corrected chi connectivity index (χ4v) is 9.09. The van der Waals surface area contributed by atoms with Crippen molar-refractivity contribution in [3.63, 3.8) is 0 Å². The van der Waals surface area contributed by atoms with Crippen LogP contribution in [-0.4, -0.2) is 70.8 Å². The maximum Gasteiger partial charge on any atom is 0.264 e. The number of benzene rings is 4. The highest BCUT2D eigenvalue weighted by molar-refractivity contribution is 6.31. The topological polar surface area (TPSA) is 117 Å². The molecule has 3 N–H and O–H groups in total. The molecule has 10 nitrogen and oxygen atoms in total. The number of hydrogen-bond acceptors (Lipinski definition) is 7. The molecule has 4 aromatic rings. The van der Waals surface area contributed by atoms with Gasteiger partial charge in [0.25, 0.3) is 11.8 Å². The van der Waals surface area contributed by atoms with Gasteiger partial charge in [0.1, 0.15) is 5.54 Å². The molecule has 4 aliphatic heterocycles. The first-order valence-electron chi connectivity index (χ1n) is 19.1. The van der Waals surface area contributed by atoms with Crippen molar-refractivity contribution in [1.82, 2.24) is 10.2 Å². The van der Waals surface area contributed by atoms with Crippen LogP contribution < -0.4 is 20.0 Å². The Morgan fingerprint density at radius 3 is 2.42 bits per heavy atom. The van der Waals surface area contributed by atoms with Crippen LogP contribution in [0.2, 0.25) is 5.02 Å². The predicted molar refractivity (Wildman–Crippen MR) is 214 cm³/mol. The molecule has 0 aliphatic carbocycles. The second-order valence-corrected chi connectivity index (χ2v) is 15.6. The fourth-order valence-electron chi connectivity index (χ4n) is 8.92. The monoisotopic (exact) mass is 759 g/mol. The highest BCUT2D eigenvalue weighted by Gasteiger charge is 2.54. The number of nitrogens with zero attached hydrogens (tertiary/aromatic N) is 4. The third-order valence-corrected chi connectivity index (χ3v) is 12.2. The lowest BCUT2D eigenvalue weighted by Crippen LogP contribution is -2.55. The first-order valence-corrected chi connectivity index (χ1v) is 19.4. The quantitative estimate of drug-likeness (QED) is 0.192. The maximum atomic E-state index is 14.4. The maximum absolute atomic E-state index is 14.4. The molecule has 0 saturated carbocycles. The van der Waals surface area contributed by atoms with E-state index in [0.29, 0.717) is 48.7 Å². The molecule has 4 aliphatic rings. The van der Waals surface area contributed by atoms with Crippen molar-refractivity contribution in [1.29, 1.82) is 0 Å². The zero-order valence-corrected chi connectivity index (χ0v) is 31.7. The molecule has 2 fully saturated rings. The van der Waals surface area contributed by atoms with Gasteiger partial charge in [-0.15, -0.1) is 0 Å². The van der Waals surface area contributed by atoms with Crippen molar-refractivity contribution in [2.45, 2.75) is 62.9 Å². The first kappa shape index (κ1) is 36.9. The average Bonchev–Trinajstić information content (AvgIpc) is 3.60. The summed E-state index contributed by atoms with van der Waals surface area (Å²) in [5, 5.41) is 26.2. The second kappa shape index (κ2) is 14.9. The number of piperidine rings is 1. The highest BCUT2D eigenvalue weighted by Crippen LogP contribution is 2.47. The first-order chi connectivity index (χ1) is 26.6. The zero-order chi connectivity index (χ0) is 38.3. The van der Waals surface area contributed by atoms with Crippen LogP contribution in [0.25, 0.3) is 0 Å². The number of carbonyl (C=O) groups is 3. The number of aliphatic hydroxyl groups is 2. The van der Waals surface area contributed by atoms with Crippen LogP contribution in [-0.2, 0) is 39.5 Å². The van der Waals surface area contributed by atoms with Crippen molar-refractivity contribution in [2.75, 3.05) is 41.1 Å². The molecule has 3 amide bonds. The Morgan fingerprint density at radius 2 is 1.65 bits per heavy atom. The van der Waals surface area contributed by atoms with E-state index in [4.69, 9.17) is 11.6 Å². The van der Waals surface area contributed by atoms with Crippen molar-refractivity contribution >= 4 is 46.4 Å². The number of rotatable bonds is 9. The Bertz CT molecular complexity index is 2140. The van der Waals surface area contributed by atoms with Gasteiger partial charge >= 0.3 is 0 Å². The van der Waals surface area contributed by atoms with E-state index in [-0.39, 0.29) is 37.4 Å². The number of nitrogens with one attached hydrogen (secondary N) is 1. The minimum absolute atomic E-state index is 0.0565. The van der Waals surface area contributed by atoms with E-state index < -0.39 is 23.0 Å². The van der Waals surface area contributed by atoms with Gasteiger partial charge in [0, 0.05) is 40.8 Å². The highest BCUT2D eigenvalue weighted by atomic mass is 35.5. The molecule has 0 bridgehead atoms. The minimum atomic E-state index is -1.93. The number of amides is 3. The third-order valence-electron chi connectivity index (χ3n) is 12.0. The molecular formula is C44H46ClN5O5. The summed E-state index contributed by atoms with van der Waals surface area (Å²) in [4.78, 5) is 49.5. The predicted octanol–water partition coefficient (Wildman–Crippen LogP) is 5.54. The Labute approximate surface area is 326 Å². The molecule has 0 unspecified atom stereocenters. The molecule has 0 aromatic heterocycles. The van der Waals surface area contributed by atoms with E-state index in [0.717, 1.165) is 41.2 Å². The molecule has 8 rings (SSSR count). The summed E-state index contributed by atoms with van der Waals surface area (Å²) in [6, 6.07) is 30.5. The molecule has 55 heavy (non-hydrogen) atoms. The average molecular weight is 760 g/mol. The molecule has 4 aromatic carbocycles. The largest absolute Gasteiger partial charge is 0.394 e. The summed E-state index contributed by atoms with van der Waals surface area (Å²) >= 11 is 6.46. The Morgan fingerprint density at radius 1 is 0.927 bits per heavy atom. The van der Waals surface area contributed by atoms with E-state index in [1.807, 2.05) is 71.6 Å². The van der Waals surface area contributed by atoms with E-state index in [1.165, 1.54) is 0 Å². The molecule has 1 spiro atoms. The Hall–Kier alpha value is -5.00. The van der Waals surface area contributed by atoms with Gasteiger partial charge in [-0.3, -0.25) is 19.3 Å². The summed E-state index contributed by atoms with van der Waals surface area (Å²) in [7, 11) is 0. The standard InChI is InChI=1S/C44H46ClN5O5/c1-30(9-7-16-40(52)47-27-33-12-6-5-11-32(33)24-37(47)28-51)44(55)38-25-34(45)17-18-39(38)48(42(44)54)26-31-10-8-15-36(23-31)49-29-50(35-13-3-2-4-14-35)43(41(49)53)19-21-46-22-20-43/h2-15,17-18,23,25,30,37,46,51,55H,16,19-22,24,26-29H2,1H3/b9-7+/t30-,37+,44+/m1/s1. The molecule has 4 heterocycles. The summed E-state index contributed by atoms with van der Waals surface area (Å²) in [5.74, 6) is -1.27. The van der Waals surface area contributed by atoms with Crippen LogP contribution in [0.15, 0.2) is 109 Å². The number of aliphatic hydroxyl groups excluding tert-OH is 1. The molecule has 0 radical (unpaired) electrons. The molecule has 3 atom stereocenters. The molecule has 284 valence electrons. The summed E-state index contributed by atoms with van der Waals surface area (Å²) in [6.45, 7) is 4.13. The van der Waals surface area contributed by atoms with Gasteiger partial charge in [0.15, 0.2) is 5.60 Å². The zero-order valence-electron chi connectivity index (χ0n) is 30.9. The molecule has 2 saturated heterocycles. The van der Waals surface area contributed by atoms with Crippen molar-refractivity contribution in [3.8, 4) is 0 Å². The van der Waals surface area contributed by atoms with Gasteiger partial charge in [-0.2, -0.15) is 0 Å². The lowest BCUT2D eigenvalue weighted by Gasteiger charge is -2.39. The lowest BCUT2D eigenvalue weighted by atomic mass is 9.83. The van der Waals surface area contributed by atoms with Crippen LogP contribution in [0.4, 0.5) is 17.1 Å².